The number of methoxy groups -OCH3 is 1. The minimum absolute atomic E-state index is 0.270. The SMILES string of the molecule is COC(=O)CNC(=O)N(CC(=O)O)C(C)C. The Morgan fingerprint density at radius 3 is 2.31 bits per heavy atom. The molecule has 2 N–H and O–H groups in total. The molecular formula is C9H16N2O5. The van der Waals surface area contributed by atoms with E-state index in [4.69, 9.17) is 5.11 Å². The van der Waals surface area contributed by atoms with Crippen LogP contribution in [-0.2, 0) is 14.3 Å². The van der Waals surface area contributed by atoms with Gasteiger partial charge in [-0.2, -0.15) is 0 Å². The van der Waals surface area contributed by atoms with Crippen molar-refractivity contribution < 1.29 is 24.2 Å². The van der Waals surface area contributed by atoms with Crippen LogP contribution in [0.15, 0.2) is 0 Å². The molecule has 0 rings (SSSR count). The van der Waals surface area contributed by atoms with Gasteiger partial charge in [0.2, 0.25) is 0 Å². The zero-order chi connectivity index (χ0) is 12.7. The van der Waals surface area contributed by atoms with Crippen LogP contribution in [0.5, 0.6) is 0 Å². The molecule has 0 saturated heterocycles. The Hall–Kier alpha value is -1.79. The van der Waals surface area contributed by atoms with Crippen molar-refractivity contribution in [2.24, 2.45) is 0 Å². The maximum Gasteiger partial charge on any atom is 0.325 e. The minimum Gasteiger partial charge on any atom is -0.480 e. The largest absolute Gasteiger partial charge is 0.480 e. The molecule has 92 valence electrons. The van der Waals surface area contributed by atoms with Crippen LogP contribution in [0, 0.1) is 0 Å². The second-order valence-electron chi connectivity index (χ2n) is 3.35. The van der Waals surface area contributed by atoms with Crippen LogP contribution in [0.2, 0.25) is 0 Å². The van der Waals surface area contributed by atoms with Crippen molar-refractivity contribution in [2.75, 3.05) is 20.2 Å². The van der Waals surface area contributed by atoms with Crippen LogP contribution in [0.25, 0.3) is 0 Å². The zero-order valence-electron chi connectivity index (χ0n) is 9.52. The topological polar surface area (TPSA) is 95.9 Å². The first-order chi connectivity index (χ1) is 7.38. The van der Waals surface area contributed by atoms with E-state index in [0.717, 1.165) is 4.90 Å². The van der Waals surface area contributed by atoms with Gasteiger partial charge in [-0.05, 0) is 13.8 Å². The number of hydrogen-bond donors (Lipinski definition) is 2. The molecule has 0 heterocycles. The van der Waals surface area contributed by atoms with E-state index >= 15 is 0 Å². The van der Waals surface area contributed by atoms with Crippen LogP contribution in [0.1, 0.15) is 13.8 Å². The van der Waals surface area contributed by atoms with Gasteiger partial charge in [-0.15, -0.1) is 0 Å². The summed E-state index contributed by atoms with van der Waals surface area (Å²) >= 11 is 0. The van der Waals surface area contributed by atoms with E-state index < -0.39 is 24.5 Å². The normalized spacial score (nSPS) is 9.75. The Morgan fingerprint density at radius 2 is 1.94 bits per heavy atom. The second kappa shape index (κ2) is 6.65. The number of hydrogen-bond acceptors (Lipinski definition) is 4. The summed E-state index contributed by atoms with van der Waals surface area (Å²) in [5.74, 6) is -1.70. The number of esters is 1. The van der Waals surface area contributed by atoms with Crippen LogP contribution in [0.3, 0.4) is 0 Å². The molecule has 0 fully saturated rings. The number of carbonyl (C=O) groups is 3. The summed E-state index contributed by atoms with van der Waals surface area (Å²) in [5.41, 5.74) is 0. The highest BCUT2D eigenvalue weighted by atomic mass is 16.5. The van der Waals surface area contributed by atoms with Gasteiger partial charge in [-0.1, -0.05) is 0 Å². The first kappa shape index (κ1) is 14.2. The van der Waals surface area contributed by atoms with E-state index in [1.807, 2.05) is 0 Å². The highest BCUT2D eigenvalue weighted by Crippen LogP contribution is 1.98. The van der Waals surface area contributed by atoms with Crippen molar-refractivity contribution in [1.82, 2.24) is 10.2 Å². The van der Waals surface area contributed by atoms with E-state index in [-0.39, 0.29) is 12.6 Å². The van der Waals surface area contributed by atoms with Crippen LogP contribution >= 0.6 is 0 Å². The van der Waals surface area contributed by atoms with Gasteiger partial charge < -0.3 is 20.1 Å². The number of rotatable bonds is 5. The molecule has 0 bridgehead atoms. The maximum absolute atomic E-state index is 11.5. The number of nitrogens with one attached hydrogen (secondary N) is 1. The average molecular weight is 232 g/mol. The van der Waals surface area contributed by atoms with E-state index in [0.29, 0.717) is 0 Å². The first-order valence-corrected chi connectivity index (χ1v) is 4.71. The predicted octanol–water partition coefficient (Wildman–Crippen LogP) is -0.336. The fourth-order valence-electron chi connectivity index (χ4n) is 0.956. The number of nitrogens with zero attached hydrogens (tertiary/aromatic N) is 1. The van der Waals surface area contributed by atoms with Crippen molar-refractivity contribution in [3.63, 3.8) is 0 Å². The summed E-state index contributed by atoms with van der Waals surface area (Å²) in [6, 6.07) is -0.878. The van der Waals surface area contributed by atoms with Gasteiger partial charge in [0.1, 0.15) is 13.1 Å². The summed E-state index contributed by atoms with van der Waals surface area (Å²) in [4.78, 5) is 33.8. The average Bonchev–Trinajstić information content (AvgIpc) is 2.21. The van der Waals surface area contributed by atoms with Crippen LogP contribution in [-0.4, -0.2) is 54.2 Å². The third kappa shape index (κ3) is 5.18. The third-order valence-electron chi connectivity index (χ3n) is 1.80. The first-order valence-electron chi connectivity index (χ1n) is 4.71. The lowest BCUT2D eigenvalue weighted by Crippen LogP contribution is -2.47. The smallest absolute Gasteiger partial charge is 0.325 e. The molecule has 0 aliphatic heterocycles. The molecule has 16 heavy (non-hydrogen) atoms. The van der Waals surface area contributed by atoms with E-state index in [1.165, 1.54) is 7.11 Å². The number of carboxylic acids is 1. The van der Waals surface area contributed by atoms with Gasteiger partial charge in [0.05, 0.1) is 7.11 Å². The molecule has 7 heteroatoms. The molecule has 0 spiro atoms. The molecule has 2 amide bonds. The third-order valence-corrected chi connectivity index (χ3v) is 1.80. The summed E-state index contributed by atoms with van der Waals surface area (Å²) in [7, 11) is 1.20. The summed E-state index contributed by atoms with van der Waals surface area (Å²) < 4.78 is 4.33. The molecule has 0 aliphatic carbocycles. The molecule has 0 atom stereocenters. The highest BCUT2D eigenvalue weighted by molar-refractivity contribution is 5.83. The molecule has 7 nitrogen and oxygen atoms in total. The Morgan fingerprint density at radius 1 is 1.38 bits per heavy atom. The van der Waals surface area contributed by atoms with Crippen molar-refractivity contribution in [3.05, 3.63) is 0 Å². The Kier molecular flexibility index (Phi) is 5.91. The van der Waals surface area contributed by atoms with Gasteiger partial charge in [0, 0.05) is 6.04 Å². The Labute approximate surface area is 93.4 Å². The second-order valence-corrected chi connectivity index (χ2v) is 3.35. The van der Waals surface area contributed by atoms with Crippen molar-refractivity contribution >= 4 is 18.0 Å². The summed E-state index contributed by atoms with van der Waals surface area (Å²) in [5, 5.41) is 10.9. The number of urea groups is 1. The number of carbonyl (C=O) groups excluding carboxylic acids is 2. The molecule has 0 aromatic heterocycles. The Balaban J connectivity index is 4.28. The zero-order valence-corrected chi connectivity index (χ0v) is 9.52. The maximum atomic E-state index is 11.5. The monoisotopic (exact) mass is 232 g/mol. The fourth-order valence-corrected chi connectivity index (χ4v) is 0.956. The number of ether oxygens (including phenoxy) is 1. The van der Waals surface area contributed by atoms with Crippen LogP contribution in [0.4, 0.5) is 4.79 Å². The molecule has 0 aliphatic rings. The lowest BCUT2D eigenvalue weighted by molar-refractivity contribution is -0.139. The Bertz CT molecular complexity index is 277. The van der Waals surface area contributed by atoms with Gasteiger partial charge >= 0.3 is 18.0 Å². The lowest BCUT2D eigenvalue weighted by atomic mass is 10.3. The standard InChI is InChI=1S/C9H16N2O5/c1-6(2)11(5-7(12)13)9(15)10-4-8(14)16-3/h6H,4-5H2,1-3H3,(H,10,15)(H,12,13). The number of carboxylic acid groups (broad SMARTS) is 1. The van der Waals surface area contributed by atoms with Gasteiger partial charge in [-0.25, -0.2) is 4.79 Å². The van der Waals surface area contributed by atoms with Crippen LogP contribution < -0.4 is 5.32 Å². The lowest BCUT2D eigenvalue weighted by Gasteiger charge is -2.24. The van der Waals surface area contributed by atoms with E-state index in [9.17, 15) is 14.4 Å². The van der Waals surface area contributed by atoms with Gasteiger partial charge in [-0.3, -0.25) is 9.59 Å². The summed E-state index contributed by atoms with van der Waals surface area (Å²) in [6.45, 7) is 2.67. The minimum atomic E-state index is -1.11. The molecule has 0 radical (unpaired) electrons. The van der Waals surface area contributed by atoms with E-state index in [2.05, 4.69) is 10.1 Å². The quantitative estimate of drug-likeness (QED) is 0.632. The molecule has 0 aromatic carbocycles. The molecule has 0 saturated carbocycles. The predicted molar refractivity (Wildman–Crippen MR) is 54.9 cm³/mol. The van der Waals surface area contributed by atoms with E-state index in [1.54, 1.807) is 13.8 Å². The number of aliphatic carboxylic acids is 1. The molecule has 0 aromatic rings. The summed E-state index contributed by atoms with van der Waals surface area (Å²) in [6.07, 6.45) is 0. The van der Waals surface area contributed by atoms with Crippen molar-refractivity contribution in [1.29, 1.82) is 0 Å². The van der Waals surface area contributed by atoms with Crippen molar-refractivity contribution in [3.8, 4) is 0 Å². The molecular weight excluding hydrogens is 216 g/mol. The van der Waals surface area contributed by atoms with Gasteiger partial charge in [0.15, 0.2) is 0 Å². The highest BCUT2D eigenvalue weighted by Gasteiger charge is 2.19. The molecule has 0 unspecified atom stereocenters. The van der Waals surface area contributed by atoms with Gasteiger partial charge in [0.25, 0.3) is 0 Å². The van der Waals surface area contributed by atoms with Crippen molar-refractivity contribution in [2.45, 2.75) is 19.9 Å². The number of amides is 2. The fraction of sp³-hybridized carbons (Fsp3) is 0.667.